The van der Waals surface area contributed by atoms with Gasteiger partial charge in [0.1, 0.15) is 0 Å². The first kappa shape index (κ1) is 10.9. The van der Waals surface area contributed by atoms with Gasteiger partial charge in [-0.15, -0.1) is 0 Å². The normalized spacial score (nSPS) is 31.9. The number of piperidine rings is 1. The Morgan fingerprint density at radius 1 is 0.929 bits per heavy atom. The van der Waals surface area contributed by atoms with E-state index < -0.39 is 0 Å². The number of alkyl halides is 1. The van der Waals surface area contributed by atoms with E-state index in [1.165, 1.54) is 63.2 Å². The fraction of sp³-hybridized carbons (Fsp3) is 1.00. The van der Waals surface area contributed by atoms with Crippen LogP contribution in [-0.2, 0) is 0 Å². The van der Waals surface area contributed by atoms with Crippen molar-refractivity contribution in [3.05, 3.63) is 0 Å². The van der Waals surface area contributed by atoms with Gasteiger partial charge in [-0.1, -0.05) is 41.6 Å². The molecule has 1 heterocycles. The summed E-state index contributed by atoms with van der Waals surface area (Å²) in [5, 5.41) is 1.18. The van der Waals surface area contributed by atoms with E-state index in [-0.39, 0.29) is 0 Å². The van der Waals surface area contributed by atoms with Crippen LogP contribution in [-0.4, -0.2) is 28.9 Å². The molecular weight excluding hydrogens is 238 g/mol. The summed E-state index contributed by atoms with van der Waals surface area (Å²) in [7, 11) is 0. The summed E-state index contributed by atoms with van der Waals surface area (Å²) < 4.78 is 0. The van der Waals surface area contributed by atoms with Gasteiger partial charge in [0.25, 0.3) is 0 Å². The zero-order valence-corrected chi connectivity index (χ0v) is 10.6. The van der Waals surface area contributed by atoms with Crippen molar-refractivity contribution in [2.24, 2.45) is 0 Å². The van der Waals surface area contributed by atoms with E-state index in [0.29, 0.717) is 0 Å². The molecule has 1 unspecified atom stereocenters. The fourth-order valence-corrected chi connectivity index (χ4v) is 3.78. The van der Waals surface area contributed by atoms with Crippen molar-refractivity contribution in [2.75, 3.05) is 11.9 Å². The first-order valence-corrected chi connectivity index (χ1v) is 7.35. The van der Waals surface area contributed by atoms with Crippen LogP contribution in [0.15, 0.2) is 0 Å². The number of likely N-dealkylation sites (tertiary alicyclic amines) is 1. The Hall–Kier alpha value is 0.440. The third-order valence-corrected chi connectivity index (χ3v) is 4.64. The lowest BCUT2D eigenvalue weighted by atomic mass is 9.91. The first-order chi connectivity index (χ1) is 6.92. The summed E-state index contributed by atoms with van der Waals surface area (Å²) in [6, 6.07) is 1.76. The first-order valence-electron chi connectivity index (χ1n) is 6.23. The van der Waals surface area contributed by atoms with E-state index in [4.69, 9.17) is 0 Å². The van der Waals surface area contributed by atoms with Crippen molar-refractivity contribution in [1.29, 1.82) is 0 Å². The van der Waals surface area contributed by atoms with Gasteiger partial charge < -0.3 is 0 Å². The fourth-order valence-electron chi connectivity index (χ4n) is 3.08. The van der Waals surface area contributed by atoms with Crippen LogP contribution < -0.4 is 0 Å². The number of rotatable bonds is 2. The molecule has 2 aliphatic rings. The third kappa shape index (κ3) is 2.52. The third-order valence-electron chi connectivity index (χ3n) is 3.89. The highest BCUT2D eigenvalue weighted by Gasteiger charge is 2.28. The highest BCUT2D eigenvalue weighted by Crippen LogP contribution is 2.28. The molecule has 2 fully saturated rings. The molecule has 1 aliphatic carbocycles. The summed E-state index contributed by atoms with van der Waals surface area (Å²) in [4.78, 5) is 2.80. The topological polar surface area (TPSA) is 3.24 Å². The maximum Gasteiger partial charge on any atom is 0.0195 e. The van der Waals surface area contributed by atoms with E-state index in [0.717, 1.165) is 12.1 Å². The van der Waals surface area contributed by atoms with Gasteiger partial charge in [0.2, 0.25) is 0 Å². The van der Waals surface area contributed by atoms with Crippen molar-refractivity contribution >= 4 is 15.9 Å². The minimum absolute atomic E-state index is 0.840. The van der Waals surface area contributed by atoms with Crippen molar-refractivity contribution in [3.8, 4) is 0 Å². The minimum atomic E-state index is 0.840. The average Bonchev–Trinajstić information content (AvgIpc) is 2.30. The van der Waals surface area contributed by atoms with Gasteiger partial charge in [-0.05, 0) is 32.2 Å². The largest absolute Gasteiger partial charge is 0.297 e. The van der Waals surface area contributed by atoms with Gasteiger partial charge in [-0.2, -0.15) is 0 Å². The molecule has 14 heavy (non-hydrogen) atoms. The summed E-state index contributed by atoms with van der Waals surface area (Å²) in [5.41, 5.74) is 0. The zero-order chi connectivity index (χ0) is 9.80. The standard InChI is InChI=1S/C12H22BrN/c13-10-12-8-4-5-9-14(12)11-6-2-1-3-7-11/h11-12H,1-10H2. The second-order valence-electron chi connectivity index (χ2n) is 4.83. The Bertz CT molecular complexity index is 166. The smallest absolute Gasteiger partial charge is 0.0195 e. The van der Waals surface area contributed by atoms with E-state index in [1.54, 1.807) is 0 Å². The maximum atomic E-state index is 3.68. The minimum Gasteiger partial charge on any atom is -0.297 e. The highest BCUT2D eigenvalue weighted by atomic mass is 79.9. The molecule has 0 radical (unpaired) electrons. The zero-order valence-electron chi connectivity index (χ0n) is 9.05. The van der Waals surface area contributed by atoms with Crippen LogP contribution in [0, 0.1) is 0 Å². The summed E-state index contributed by atoms with van der Waals surface area (Å²) >= 11 is 3.68. The highest BCUT2D eigenvalue weighted by molar-refractivity contribution is 9.09. The van der Waals surface area contributed by atoms with Crippen LogP contribution in [0.1, 0.15) is 51.4 Å². The van der Waals surface area contributed by atoms with Gasteiger partial charge in [0.05, 0.1) is 0 Å². The summed E-state index contributed by atoms with van der Waals surface area (Å²) in [6.07, 6.45) is 11.6. The maximum absolute atomic E-state index is 3.68. The predicted molar refractivity (Wildman–Crippen MR) is 65.0 cm³/mol. The van der Waals surface area contributed by atoms with Crippen LogP contribution in [0.25, 0.3) is 0 Å². The van der Waals surface area contributed by atoms with Gasteiger partial charge >= 0.3 is 0 Å². The monoisotopic (exact) mass is 259 g/mol. The van der Waals surface area contributed by atoms with E-state index in [1.807, 2.05) is 0 Å². The van der Waals surface area contributed by atoms with E-state index in [9.17, 15) is 0 Å². The predicted octanol–water partition coefficient (Wildman–Crippen LogP) is 3.57. The van der Waals surface area contributed by atoms with Gasteiger partial charge in [-0.25, -0.2) is 0 Å². The molecule has 1 nitrogen and oxygen atoms in total. The van der Waals surface area contributed by atoms with Crippen LogP contribution in [0.2, 0.25) is 0 Å². The van der Waals surface area contributed by atoms with E-state index in [2.05, 4.69) is 20.8 Å². The second-order valence-corrected chi connectivity index (χ2v) is 5.48. The number of hydrogen-bond donors (Lipinski definition) is 0. The number of hydrogen-bond acceptors (Lipinski definition) is 1. The van der Waals surface area contributed by atoms with Gasteiger partial charge in [-0.3, -0.25) is 4.90 Å². The molecule has 2 rings (SSSR count). The van der Waals surface area contributed by atoms with Crippen molar-refractivity contribution in [1.82, 2.24) is 4.90 Å². The number of halogens is 1. The molecular formula is C12H22BrN. The Morgan fingerprint density at radius 2 is 1.64 bits per heavy atom. The lowest BCUT2D eigenvalue weighted by molar-refractivity contribution is 0.0848. The van der Waals surface area contributed by atoms with Crippen molar-refractivity contribution in [2.45, 2.75) is 63.5 Å². The van der Waals surface area contributed by atoms with Gasteiger partial charge in [0, 0.05) is 17.4 Å². The molecule has 1 saturated carbocycles. The number of nitrogens with zero attached hydrogens (tertiary/aromatic N) is 1. The molecule has 0 N–H and O–H groups in total. The molecule has 0 spiro atoms. The molecule has 0 aromatic heterocycles. The average molecular weight is 260 g/mol. The van der Waals surface area contributed by atoms with Gasteiger partial charge in [0.15, 0.2) is 0 Å². The Labute approximate surface area is 96.4 Å². The molecule has 1 saturated heterocycles. The second kappa shape index (κ2) is 5.50. The van der Waals surface area contributed by atoms with Crippen LogP contribution in [0.3, 0.4) is 0 Å². The summed E-state index contributed by atoms with van der Waals surface area (Å²) in [5.74, 6) is 0. The molecule has 2 heteroatoms. The molecule has 0 amide bonds. The molecule has 1 atom stereocenters. The van der Waals surface area contributed by atoms with Crippen molar-refractivity contribution in [3.63, 3.8) is 0 Å². The Morgan fingerprint density at radius 3 is 2.36 bits per heavy atom. The SMILES string of the molecule is BrCC1CCCCN1C1CCCCC1. The van der Waals surface area contributed by atoms with Crippen molar-refractivity contribution < 1.29 is 0 Å². The summed E-state index contributed by atoms with van der Waals surface area (Å²) in [6.45, 7) is 1.36. The molecule has 0 aromatic rings. The van der Waals surface area contributed by atoms with Crippen LogP contribution in [0.5, 0.6) is 0 Å². The Balaban J connectivity index is 1.91. The quantitative estimate of drug-likeness (QED) is 0.686. The van der Waals surface area contributed by atoms with Crippen LogP contribution in [0.4, 0.5) is 0 Å². The lowest BCUT2D eigenvalue weighted by Crippen LogP contribution is -2.47. The Kier molecular flexibility index (Phi) is 4.30. The molecule has 82 valence electrons. The molecule has 1 aliphatic heterocycles. The lowest BCUT2D eigenvalue weighted by Gasteiger charge is -2.42. The molecule has 0 aromatic carbocycles. The van der Waals surface area contributed by atoms with E-state index >= 15 is 0 Å². The molecule has 0 bridgehead atoms. The van der Waals surface area contributed by atoms with Crippen LogP contribution >= 0.6 is 15.9 Å².